The molecule has 0 atom stereocenters. The molecule has 0 fully saturated rings. The summed E-state index contributed by atoms with van der Waals surface area (Å²) in [5, 5.41) is 2.52. The molecule has 0 aromatic heterocycles. The van der Waals surface area contributed by atoms with Crippen molar-refractivity contribution in [1.82, 2.24) is 4.90 Å². The minimum Gasteiger partial charge on any atom is -0.350 e. The highest BCUT2D eigenvalue weighted by atomic mass is 79.9. The van der Waals surface area contributed by atoms with Gasteiger partial charge in [0.2, 0.25) is 0 Å². The van der Waals surface area contributed by atoms with Crippen LogP contribution in [-0.2, 0) is 16.1 Å². The van der Waals surface area contributed by atoms with E-state index in [0.717, 1.165) is 14.9 Å². The lowest BCUT2D eigenvalue weighted by Crippen LogP contribution is -2.31. The van der Waals surface area contributed by atoms with Gasteiger partial charge in [-0.3, -0.25) is 14.5 Å². The Morgan fingerprint density at radius 1 is 1.08 bits per heavy atom. The first kappa shape index (κ1) is 16.7. The molecule has 2 aromatic rings. The minimum absolute atomic E-state index is 0.0515. The molecular weight excluding hydrogens is 399 g/mol. The Bertz CT molecular complexity index is 852. The van der Waals surface area contributed by atoms with Gasteiger partial charge in [0.1, 0.15) is 16.5 Å². The number of carbonyl (C=O) groups excluding carboxylic acids is 2. The largest absolute Gasteiger partial charge is 0.350 e. The first-order valence-electron chi connectivity index (χ1n) is 6.98. The van der Waals surface area contributed by atoms with Gasteiger partial charge in [-0.25, -0.2) is 4.39 Å². The van der Waals surface area contributed by atoms with Crippen LogP contribution < -0.4 is 5.32 Å². The van der Waals surface area contributed by atoms with Crippen molar-refractivity contribution in [1.29, 1.82) is 0 Å². The zero-order valence-electron chi connectivity index (χ0n) is 12.2. The third-order valence-corrected chi connectivity index (χ3v) is 4.34. The third kappa shape index (κ3) is 3.34. The summed E-state index contributed by atoms with van der Waals surface area (Å²) in [6.07, 6.45) is 0. The van der Waals surface area contributed by atoms with Crippen molar-refractivity contribution in [3.63, 3.8) is 0 Å². The molecule has 3 rings (SSSR count). The highest BCUT2D eigenvalue weighted by Gasteiger charge is 2.37. The first-order chi connectivity index (χ1) is 11.5. The van der Waals surface area contributed by atoms with Gasteiger partial charge in [-0.15, -0.1) is 0 Å². The molecule has 24 heavy (non-hydrogen) atoms. The standard InChI is InChI=1S/C17H11BrClFN2O2/c18-11-6-4-10(5-7-11)9-22-16(23)14(19)15(17(22)24)21-13-3-1-2-12(20)8-13/h1-8,21H,9H2. The highest BCUT2D eigenvalue weighted by molar-refractivity contribution is 9.10. The van der Waals surface area contributed by atoms with Crippen molar-refractivity contribution >= 4 is 45.0 Å². The summed E-state index contributed by atoms with van der Waals surface area (Å²) < 4.78 is 14.2. The van der Waals surface area contributed by atoms with Gasteiger partial charge in [0.05, 0.1) is 6.54 Å². The molecule has 0 bridgehead atoms. The summed E-state index contributed by atoms with van der Waals surface area (Å²) in [7, 11) is 0. The number of rotatable bonds is 4. The van der Waals surface area contributed by atoms with Crippen molar-refractivity contribution in [3.8, 4) is 0 Å². The number of amides is 2. The topological polar surface area (TPSA) is 49.4 Å². The molecule has 4 nitrogen and oxygen atoms in total. The second kappa shape index (κ2) is 6.75. The monoisotopic (exact) mass is 408 g/mol. The molecule has 2 amide bonds. The van der Waals surface area contributed by atoms with Crippen LogP contribution in [0.25, 0.3) is 0 Å². The molecule has 1 aliphatic rings. The zero-order valence-corrected chi connectivity index (χ0v) is 14.6. The summed E-state index contributed by atoms with van der Waals surface area (Å²) in [6, 6.07) is 12.8. The van der Waals surface area contributed by atoms with Crippen LogP contribution in [0.2, 0.25) is 0 Å². The van der Waals surface area contributed by atoms with Gasteiger partial charge in [-0.05, 0) is 35.9 Å². The summed E-state index contributed by atoms with van der Waals surface area (Å²) >= 11 is 9.33. The molecule has 2 aromatic carbocycles. The second-order valence-electron chi connectivity index (χ2n) is 5.15. The summed E-state index contributed by atoms with van der Waals surface area (Å²) in [5.41, 5.74) is 1.08. The summed E-state index contributed by atoms with van der Waals surface area (Å²) in [6.45, 7) is 0.107. The summed E-state index contributed by atoms with van der Waals surface area (Å²) in [4.78, 5) is 25.8. The number of benzene rings is 2. The SMILES string of the molecule is O=C1C(Cl)=C(Nc2cccc(F)c2)C(=O)N1Cc1ccc(Br)cc1. The average molecular weight is 410 g/mol. The van der Waals surface area contributed by atoms with Crippen molar-refractivity contribution < 1.29 is 14.0 Å². The van der Waals surface area contributed by atoms with Crippen molar-refractivity contribution in [3.05, 3.63) is 75.1 Å². The van der Waals surface area contributed by atoms with E-state index in [2.05, 4.69) is 21.2 Å². The number of imide groups is 1. The lowest BCUT2D eigenvalue weighted by Gasteiger charge is -2.15. The summed E-state index contributed by atoms with van der Waals surface area (Å²) in [5.74, 6) is -1.58. The van der Waals surface area contributed by atoms with Gasteiger partial charge in [0.25, 0.3) is 11.8 Å². The Balaban J connectivity index is 1.80. The molecule has 1 heterocycles. The molecule has 7 heteroatoms. The Labute approximate surface area is 151 Å². The Morgan fingerprint density at radius 3 is 2.46 bits per heavy atom. The van der Waals surface area contributed by atoms with Crippen LogP contribution in [0, 0.1) is 5.82 Å². The van der Waals surface area contributed by atoms with E-state index >= 15 is 0 Å². The van der Waals surface area contributed by atoms with Crippen LogP contribution in [0.15, 0.2) is 63.7 Å². The zero-order chi connectivity index (χ0) is 17.3. The third-order valence-electron chi connectivity index (χ3n) is 3.46. The van der Waals surface area contributed by atoms with Gasteiger partial charge < -0.3 is 5.32 Å². The van der Waals surface area contributed by atoms with E-state index in [1.165, 1.54) is 18.2 Å². The van der Waals surface area contributed by atoms with Crippen molar-refractivity contribution in [2.45, 2.75) is 6.54 Å². The molecule has 0 spiro atoms. The van der Waals surface area contributed by atoms with Crippen LogP contribution in [0.4, 0.5) is 10.1 Å². The quantitative estimate of drug-likeness (QED) is 0.776. The molecular formula is C17H11BrClFN2O2. The average Bonchev–Trinajstić information content (AvgIpc) is 2.75. The second-order valence-corrected chi connectivity index (χ2v) is 6.44. The van der Waals surface area contributed by atoms with Crippen LogP contribution >= 0.6 is 27.5 Å². The van der Waals surface area contributed by atoms with E-state index in [4.69, 9.17) is 11.6 Å². The fourth-order valence-corrected chi connectivity index (χ4v) is 2.78. The molecule has 0 saturated carbocycles. The number of halogens is 3. The van der Waals surface area contributed by atoms with E-state index in [0.29, 0.717) is 5.69 Å². The number of carbonyl (C=O) groups is 2. The normalized spacial score (nSPS) is 14.5. The van der Waals surface area contributed by atoms with Gasteiger partial charge in [-0.2, -0.15) is 0 Å². The molecule has 122 valence electrons. The van der Waals surface area contributed by atoms with Crippen LogP contribution in [0.1, 0.15) is 5.56 Å². The lowest BCUT2D eigenvalue weighted by molar-refractivity contribution is -0.138. The highest BCUT2D eigenvalue weighted by Crippen LogP contribution is 2.27. The van der Waals surface area contributed by atoms with Crippen LogP contribution in [0.3, 0.4) is 0 Å². The van der Waals surface area contributed by atoms with E-state index < -0.39 is 17.6 Å². The van der Waals surface area contributed by atoms with E-state index in [-0.39, 0.29) is 17.3 Å². The number of hydrogen-bond donors (Lipinski definition) is 1. The predicted molar refractivity (Wildman–Crippen MR) is 92.6 cm³/mol. The maximum Gasteiger partial charge on any atom is 0.279 e. The number of nitrogens with zero attached hydrogens (tertiary/aromatic N) is 1. The minimum atomic E-state index is -0.580. The Hall–Kier alpha value is -2.18. The molecule has 0 aliphatic carbocycles. The fourth-order valence-electron chi connectivity index (χ4n) is 2.28. The fraction of sp³-hybridized carbons (Fsp3) is 0.0588. The predicted octanol–water partition coefficient (Wildman–Crippen LogP) is 4.02. The van der Waals surface area contributed by atoms with E-state index in [9.17, 15) is 14.0 Å². The lowest BCUT2D eigenvalue weighted by atomic mass is 10.2. The van der Waals surface area contributed by atoms with Crippen molar-refractivity contribution in [2.75, 3.05) is 5.32 Å². The first-order valence-corrected chi connectivity index (χ1v) is 8.16. The van der Waals surface area contributed by atoms with E-state index in [1.807, 2.05) is 12.1 Å². The maximum absolute atomic E-state index is 13.3. The number of nitrogens with one attached hydrogen (secondary N) is 1. The van der Waals surface area contributed by atoms with Crippen molar-refractivity contribution in [2.24, 2.45) is 0 Å². The van der Waals surface area contributed by atoms with Gasteiger partial charge in [0, 0.05) is 10.2 Å². The number of hydrogen-bond acceptors (Lipinski definition) is 3. The Kier molecular flexibility index (Phi) is 4.69. The molecule has 0 saturated heterocycles. The molecule has 1 N–H and O–H groups in total. The Morgan fingerprint density at radius 2 is 1.79 bits per heavy atom. The smallest absolute Gasteiger partial charge is 0.279 e. The number of anilines is 1. The maximum atomic E-state index is 13.3. The van der Waals surface area contributed by atoms with Crippen LogP contribution in [-0.4, -0.2) is 16.7 Å². The van der Waals surface area contributed by atoms with Crippen LogP contribution in [0.5, 0.6) is 0 Å². The van der Waals surface area contributed by atoms with Gasteiger partial charge in [0.15, 0.2) is 0 Å². The van der Waals surface area contributed by atoms with E-state index in [1.54, 1.807) is 18.2 Å². The molecule has 0 unspecified atom stereocenters. The molecule has 0 radical (unpaired) electrons. The van der Waals surface area contributed by atoms with Gasteiger partial charge in [-0.1, -0.05) is 45.7 Å². The van der Waals surface area contributed by atoms with Gasteiger partial charge >= 0.3 is 0 Å². The molecule has 1 aliphatic heterocycles.